The van der Waals surface area contributed by atoms with E-state index >= 15 is 0 Å². The van der Waals surface area contributed by atoms with Crippen LogP contribution in [0.1, 0.15) is 42.5 Å². The van der Waals surface area contributed by atoms with Crippen molar-refractivity contribution < 1.29 is 29.7 Å². The lowest BCUT2D eigenvalue weighted by Crippen LogP contribution is -2.46. The summed E-state index contributed by atoms with van der Waals surface area (Å²) in [5, 5.41) is 33.8. The van der Waals surface area contributed by atoms with Crippen molar-refractivity contribution in [3.05, 3.63) is 95.1 Å². The molecular formula is C21H18N4O6. The minimum atomic E-state index is -2.63. The van der Waals surface area contributed by atoms with Crippen LogP contribution in [0.15, 0.2) is 67.0 Å². The third-order valence-electron chi connectivity index (χ3n) is 4.25. The number of carbonyl (C=O) groups excluding carboxylic acids is 2. The number of benzene rings is 2. The van der Waals surface area contributed by atoms with Crippen LogP contribution in [0.2, 0.25) is 0 Å². The lowest BCUT2D eigenvalue weighted by Gasteiger charge is -2.22. The molecule has 2 aromatic carbocycles. The summed E-state index contributed by atoms with van der Waals surface area (Å²) >= 11 is 0. The summed E-state index contributed by atoms with van der Waals surface area (Å²) in [6, 6.07) is 14.7. The fourth-order valence-corrected chi connectivity index (χ4v) is 2.61. The largest absolute Gasteiger partial charge is 0.478 e. The summed E-state index contributed by atoms with van der Waals surface area (Å²) in [7, 11) is 0. The first-order valence-electron chi connectivity index (χ1n) is 9.01. The van der Waals surface area contributed by atoms with Gasteiger partial charge in [-0.1, -0.05) is 42.5 Å². The van der Waals surface area contributed by atoms with E-state index in [1.807, 2.05) is 5.32 Å². The number of hydrogen-bond acceptors (Lipinski definition) is 7. The number of nitrogens with zero attached hydrogens (tertiary/aromatic N) is 2. The number of rotatable bonds is 7. The fraction of sp³-hybridized carbons (Fsp3) is 0.0952. The molecule has 1 aromatic heterocycles. The SMILES string of the molecule is O=C(O)c1ccc(CNC(=O)c2cc(C(=O)NC(O)(O)c3ccccc3)ncn2)cc1. The second kappa shape index (κ2) is 9.11. The molecule has 0 aliphatic heterocycles. The minimum Gasteiger partial charge on any atom is -0.478 e. The first-order valence-corrected chi connectivity index (χ1v) is 9.01. The van der Waals surface area contributed by atoms with Gasteiger partial charge in [-0.15, -0.1) is 0 Å². The molecule has 3 aromatic rings. The van der Waals surface area contributed by atoms with Crippen LogP contribution in [0.5, 0.6) is 0 Å². The number of aromatic carboxylic acids is 1. The Labute approximate surface area is 176 Å². The van der Waals surface area contributed by atoms with Crippen LogP contribution in [-0.2, 0) is 12.5 Å². The molecule has 2 amide bonds. The number of aliphatic hydroxyl groups is 2. The average Bonchev–Trinajstić information content (AvgIpc) is 2.78. The summed E-state index contributed by atoms with van der Waals surface area (Å²) in [6.45, 7) is 0.106. The first kappa shape index (κ1) is 21.6. The van der Waals surface area contributed by atoms with Crippen LogP contribution in [0.4, 0.5) is 0 Å². The highest BCUT2D eigenvalue weighted by Crippen LogP contribution is 2.15. The molecular weight excluding hydrogens is 404 g/mol. The van der Waals surface area contributed by atoms with Crippen molar-refractivity contribution in [1.82, 2.24) is 20.6 Å². The summed E-state index contributed by atoms with van der Waals surface area (Å²) < 4.78 is 0. The van der Waals surface area contributed by atoms with Crippen molar-refractivity contribution in [2.24, 2.45) is 0 Å². The van der Waals surface area contributed by atoms with Gasteiger partial charge in [0.1, 0.15) is 17.7 Å². The lowest BCUT2D eigenvalue weighted by atomic mass is 10.1. The van der Waals surface area contributed by atoms with Crippen molar-refractivity contribution >= 4 is 17.8 Å². The molecule has 0 saturated heterocycles. The molecule has 0 saturated carbocycles. The van der Waals surface area contributed by atoms with E-state index in [4.69, 9.17) is 5.11 Å². The summed E-state index contributed by atoms with van der Waals surface area (Å²) in [5.74, 6) is -5.20. The summed E-state index contributed by atoms with van der Waals surface area (Å²) in [5.41, 5.74) is 0.488. The van der Waals surface area contributed by atoms with Gasteiger partial charge in [-0.05, 0) is 17.7 Å². The van der Waals surface area contributed by atoms with Crippen molar-refractivity contribution in [1.29, 1.82) is 0 Å². The Morgan fingerprint density at radius 3 is 2.10 bits per heavy atom. The highest BCUT2D eigenvalue weighted by Gasteiger charge is 2.29. The van der Waals surface area contributed by atoms with E-state index in [9.17, 15) is 24.6 Å². The average molecular weight is 422 g/mol. The van der Waals surface area contributed by atoms with E-state index in [0.29, 0.717) is 5.56 Å². The van der Waals surface area contributed by atoms with Gasteiger partial charge < -0.3 is 20.6 Å². The van der Waals surface area contributed by atoms with Gasteiger partial charge in [-0.3, -0.25) is 14.9 Å². The summed E-state index contributed by atoms with van der Waals surface area (Å²) in [4.78, 5) is 43.2. The predicted molar refractivity (Wildman–Crippen MR) is 107 cm³/mol. The molecule has 31 heavy (non-hydrogen) atoms. The van der Waals surface area contributed by atoms with E-state index < -0.39 is 23.7 Å². The molecule has 10 nitrogen and oxygen atoms in total. The molecule has 0 aliphatic carbocycles. The zero-order chi connectivity index (χ0) is 22.4. The van der Waals surface area contributed by atoms with Gasteiger partial charge >= 0.3 is 5.97 Å². The van der Waals surface area contributed by atoms with Crippen molar-refractivity contribution in [3.63, 3.8) is 0 Å². The molecule has 10 heteroatoms. The monoisotopic (exact) mass is 422 g/mol. The molecule has 158 valence electrons. The molecule has 0 unspecified atom stereocenters. The van der Waals surface area contributed by atoms with Gasteiger partial charge in [0.05, 0.1) is 5.56 Å². The van der Waals surface area contributed by atoms with E-state index in [1.54, 1.807) is 30.3 Å². The molecule has 1 heterocycles. The van der Waals surface area contributed by atoms with E-state index in [0.717, 1.165) is 12.4 Å². The zero-order valence-corrected chi connectivity index (χ0v) is 16.0. The van der Waals surface area contributed by atoms with E-state index in [2.05, 4.69) is 15.3 Å². The number of carboxylic acids is 1. The van der Waals surface area contributed by atoms with E-state index in [1.165, 1.54) is 24.3 Å². The standard InChI is InChI=1S/C21H18N4O6/c26-18(22-11-13-6-8-14(9-7-13)20(28)29)16-10-17(24-12-23-16)19(27)25-21(30,31)15-4-2-1-3-5-15/h1-10,12,30-31H,11H2,(H,22,26)(H,25,27)(H,28,29). The molecule has 0 bridgehead atoms. The Bertz CT molecular complexity index is 1100. The number of nitrogens with one attached hydrogen (secondary N) is 2. The molecule has 0 aliphatic rings. The number of amides is 2. The maximum atomic E-state index is 12.4. The second-order valence-electron chi connectivity index (χ2n) is 6.47. The van der Waals surface area contributed by atoms with Gasteiger partial charge in [0.15, 0.2) is 0 Å². The molecule has 0 atom stereocenters. The van der Waals surface area contributed by atoms with Crippen LogP contribution in [0, 0.1) is 0 Å². The number of hydrogen-bond donors (Lipinski definition) is 5. The van der Waals surface area contributed by atoms with Gasteiger partial charge in [-0.25, -0.2) is 14.8 Å². The van der Waals surface area contributed by atoms with Gasteiger partial charge in [0, 0.05) is 18.2 Å². The van der Waals surface area contributed by atoms with Gasteiger partial charge in [-0.2, -0.15) is 0 Å². The molecule has 0 fully saturated rings. The third-order valence-corrected chi connectivity index (χ3v) is 4.25. The number of aromatic nitrogens is 2. The smallest absolute Gasteiger partial charge is 0.335 e. The topological polar surface area (TPSA) is 162 Å². The van der Waals surface area contributed by atoms with Crippen LogP contribution in [0.25, 0.3) is 0 Å². The van der Waals surface area contributed by atoms with Crippen molar-refractivity contribution in [2.45, 2.75) is 12.5 Å². The Morgan fingerprint density at radius 2 is 1.48 bits per heavy atom. The highest BCUT2D eigenvalue weighted by molar-refractivity contribution is 5.97. The van der Waals surface area contributed by atoms with Crippen LogP contribution in [0.3, 0.4) is 0 Å². The van der Waals surface area contributed by atoms with Crippen LogP contribution < -0.4 is 10.6 Å². The van der Waals surface area contributed by atoms with Gasteiger partial charge in [0.2, 0.25) is 0 Å². The predicted octanol–water partition coefficient (Wildman–Crippen LogP) is 0.630. The maximum Gasteiger partial charge on any atom is 0.335 e. The van der Waals surface area contributed by atoms with Crippen LogP contribution in [-0.4, -0.2) is 43.1 Å². The lowest BCUT2D eigenvalue weighted by molar-refractivity contribution is -0.185. The maximum absolute atomic E-state index is 12.4. The Balaban J connectivity index is 1.65. The highest BCUT2D eigenvalue weighted by atomic mass is 16.5. The molecule has 3 rings (SSSR count). The Hall–Kier alpha value is -4.15. The quantitative estimate of drug-likeness (QED) is 0.346. The Kier molecular flexibility index (Phi) is 6.34. The van der Waals surface area contributed by atoms with Crippen molar-refractivity contribution in [3.8, 4) is 0 Å². The normalized spacial score (nSPS) is 10.9. The van der Waals surface area contributed by atoms with Crippen LogP contribution >= 0.6 is 0 Å². The molecule has 0 radical (unpaired) electrons. The number of carboxylic acid groups (broad SMARTS) is 1. The Morgan fingerprint density at radius 1 is 0.871 bits per heavy atom. The van der Waals surface area contributed by atoms with Gasteiger partial charge in [0.25, 0.3) is 17.7 Å². The van der Waals surface area contributed by atoms with Crippen molar-refractivity contribution in [2.75, 3.05) is 0 Å². The van der Waals surface area contributed by atoms with E-state index in [-0.39, 0.29) is 29.1 Å². The number of carbonyl (C=O) groups is 3. The molecule has 5 N–H and O–H groups in total. The molecule has 0 spiro atoms. The summed E-state index contributed by atoms with van der Waals surface area (Å²) in [6.07, 6.45) is 1.00. The second-order valence-corrected chi connectivity index (χ2v) is 6.47. The zero-order valence-electron chi connectivity index (χ0n) is 16.0. The fourth-order valence-electron chi connectivity index (χ4n) is 2.61. The minimum absolute atomic E-state index is 0.0456. The first-order chi connectivity index (χ1) is 14.8. The third kappa shape index (κ3) is 5.47.